The van der Waals surface area contributed by atoms with Gasteiger partial charge >= 0.3 is 0 Å². The van der Waals surface area contributed by atoms with Crippen LogP contribution < -0.4 is 8.71 Å². The Kier molecular flexibility index (Phi) is 9.79. The zero-order chi connectivity index (χ0) is 17.7. The Balaban J connectivity index is 1.61. The maximum atomic E-state index is 5.32. The molecule has 3 heteroatoms. The van der Waals surface area contributed by atoms with Crippen LogP contribution in [0.4, 0.5) is 0 Å². The van der Waals surface area contributed by atoms with Crippen LogP contribution in [0.15, 0.2) is 36.5 Å². The topological polar surface area (TPSA) is 13.1 Å². The highest BCUT2D eigenvalue weighted by Gasteiger charge is 2.10. The van der Waals surface area contributed by atoms with Gasteiger partial charge in [-0.15, -0.1) is 3.97 Å². The summed E-state index contributed by atoms with van der Waals surface area (Å²) >= 11 is 1.92. The number of pyridine rings is 1. The van der Waals surface area contributed by atoms with E-state index in [1.54, 1.807) is 7.11 Å². The Morgan fingerprint density at radius 1 is 0.880 bits per heavy atom. The summed E-state index contributed by atoms with van der Waals surface area (Å²) in [5.41, 5.74) is 1.26. The average Bonchev–Trinajstić information content (AvgIpc) is 2.65. The van der Waals surface area contributed by atoms with E-state index in [0.29, 0.717) is 0 Å². The van der Waals surface area contributed by atoms with Crippen molar-refractivity contribution in [3.63, 3.8) is 0 Å². The van der Waals surface area contributed by atoms with E-state index in [9.17, 15) is 0 Å². The highest BCUT2D eigenvalue weighted by molar-refractivity contribution is 7.92. The Morgan fingerprint density at radius 3 is 2.24 bits per heavy atom. The van der Waals surface area contributed by atoms with Gasteiger partial charge in [0.25, 0.3) is 0 Å². The molecule has 0 unspecified atom stereocenters. The van der Waals surface area contributed by atoms with Crippen LogP contribution in [0, 0.1) is 0 Å². The van der Waals surface area contributed by atoms with E-state index in [1.807, 2.05) is 18.0 Å². The molecule has 2 nitrogen and oxygen atoms in total. The van der Waals surface area contributed by atoms with Crippen LogP contribution in [0.5, 0.6) is 5.75 Å². The molecule has 1 aromatic heterocycles. The Labute approximate surface area is 158 Å². The van der Waals surface area contributed by atoms with Gasteiger partial charge in [0.15, 0.2) is 18.1 Å². The second-order valence-corrected chi connectivity index (χ2v) is 7.83. The first kappa shape index (κ1) is 20.1. The van der Waals surface area contributed by atoms with Crippen LogP contribution >= 0.6 is 11.9 Å². The predicted molar refractivity (Wildman–Crippen MR) is 110 cm³/mol. The molecule has 0 atom stereocenters. The van der Waals surface area contributed by atoms with E-state index >= 15 is 0 Å². The van der Waals surface area contributed by atoms with E-state index < -0.39 is 0 Å². The lowest BCUT2D eigenvalue weighted by Crippen LogP contribution is -2.25. The number of hydrogen-bond donors (Lipinski definition) is 0. The summed E-state index contributed by atoms with van der Waals surface area (Å²) in [7, 11) is 1.72. The Bertz CT molecular complexity index is 614. The van der Waals surface area contributed by atoms with Gasteiger partial charge in [0, 0.05) is 12.1 Å². The fraction of sp³-hybridized carbons (Fsp3) is 0.591. The van der Waals surface area contributed by atoms with E-state index in [2.05, 4.69) is 41.4 Å². The van der Waals surface area contributed by atoms with Crippen LogP contribution in [-0.4, -0.2) is 12.9 Å². The quantitative estimate of drug-likeness (QED) is 0.297. The number of methoxy groups -OCH3 is 1. The lowest BCUT2D eigenvalue weighted by atomic mass is 10.1. The van der Waals surface area contributed by atoms with Crippen LogP contribution in [0.25, 0.3) is 10.9 Å². The maximum absolute atomic E-state index is 5.32. The molecule has 0 saturated carbocycles. The lowest BCUT2D eigenvalue weighted by Gasteiger charge is -2.03. The van der Waals surface area contributed by atoms with E-state index in [-0.39, 0.29) is 0 Å². The fourth-order valence-corrected chi connectivity index (χ4v) is 4.16. The third kappa shape index (κ3) is 7.27. The summed E-state index contributed by atoms with van der Waals surface area (Å²) < 4.78 is 7.61. The average molecular weight is 361 g/mol. The molecule has 0 N–H and O–H groups in total. The van der Waals surface area contributed by atoms with Crippen molar-refractivity contribution >= 4 is 22.9 Å². The van der Waals surface area contributed by atoms with E-state index in [4.69, 9.17) is 4.74 Å². The summed E-state index contributed by atoms with van der Waals surface area (Å²) in [5, 5.41) is 1.23. The summed E-state index contributed by atoms with van der Waals surface area (Å²) in [5.74, 6) is 2.11. The normalized spacial score (nSPS) is 11.1. The van der Waals surface area contributed by atoms with Crippen molar-refractivity contribution in [2.75, 3.05) is 12.9 Å². The highest BCUT2D eigenvalue weighted by Crippen LogP contribution is 2.19. The molecule has 0 aliphatic heterocycles. The number of aromatic nitrogens is 1. The smallest absolute Gasteiger partial charge is 0.226 e. The van der Waals surface area contributed by atoms with Crippen molar-refractivity contribution in [3.8, 4) is 5.75 Å². The second-order valence-electron chi connectivity index (χ2n) is 6.77. The van der Waals surface area contributed by atoms with Gasteiger partial charge in [0.05, 0.1) is 18.2 Å². The molecule has 0 radical (unpaired) electrons. The first-order chi connectivity index (χ1) is 12.3. The fourth-order valence-electron chi connectivity index (χ4n) is 3.16. The number of benzene rings is 1. The summed E-state index contributed by atoms with van der Waals surface area (Å²) in [4.78, 5) is 0. The number of unbranched alkanes of at least 4 members (excludes halogenated alkanes) is 9. The monoisotopic (exact) mass is 360 g/mol. The maximum Gasteiger partial charge on any atom is 0.226 e. The summed E-state index contributed by atoms with van der Waals surface area (Å²) in [6.45, 7) is 2.28. The number of fused-ring (bicyclic) bond motifs is 1. The molecule has 0 spiro atoms. The number of rotatable bonds is 13. The molecule has 0 aliphatic rings. The molecular weight excluding hydrogens is 326 g/mol. The third-order valence-electron chi connectivity index (χ3n) is 4.70. The molecule has 0 fully saturated rings. The standard InChI is InChI=1S/C22H34NOS/c1-3-4-5-6-7-8-9-10-11-12-18-25-23-17-13-14-20-19-21(24-2)15-16-22(20)23/h13-17,19H,3-12,18H2,1-2H3/q+1. The molecule has 0 bridgehead atoms. The minimum atomic E-state index is 0.921. The van der Waals surface area contributed by atoms with Gasteiger partial charge in [0.2, 0.25) is 5.52 Å². The van der Waals surface area contributed by atoms with Crippen LogP contribution in [0.3, 0.4) is 0 Å². The van der Waals surface area contributed by atoms with Gasteiger partial charge in [-0.25, -0.2) is 0 Å². The molecule has 1 heterocycles. The van der Waals surface area contributed by atoms with Crippen molar-refractivity contribution < 1.29 is 8.71 Å². The van der Waals surface area contributed by atoms with Gasteiger partial charge in [-0.1, -0.05) is 64.7 Å². The predicted octanol–water partition coefficient (Wildman–Crippen LogP) is 6.55. The molecule has 1 aromatic carbocycles. The number of hydrogen-bond acceptors (Lipinski definition) is 2. The van der Waals surface area contributed by atoms with Crippen molar-refractivity contribution in [1.82, 2.24) is 0 Å². The number of nitrogens with zero attached hydrogens (tertiary/aromatic N) is 1. The Hall–Kier alpha value is -1.22. The second kappa shape index (κ2) is 12.2. The molecular formula is C22H34NOS+. The van der Waals surface area contributed by atoms with Gasteiger partial charge in [-0.2, -0.15) is 0 Å². The summed E-state index contributed by atoms with van der Waals surface area (Å²) in [6.07, 6.45) is 16.1. The molecule has 2 rings (SSSR count). The molecule has 0 saturated heterocycles. The first-order valence-corrected chi connectivity index (χ1v) is 10.9. The first-order valence-electron chi connectivity index (χ1n) is 9.97. The molecule has 0 aliphatic carbocycles. The minimum Gasteiger partial charge on any atom is -0.497 e. The van der Waals surface area contributed by atoms with Crippen molar-refractivity contribution in [3.05, 3.63) is 36.5 Å². The van der Waals surface area contributed by atoms with Crippen molar-refractivity contribution in [1.29, 1.82) is 0 Å². The van der Waals surface area contributed by atoms with Gasteiger partial charge < -0.3 is 4.74 Å². The molecule has 25 heavy (non-hydrogen) atoms. The van der Waals surface area contributed by atoms with E-state index in [0.717, 1.165) is 5.75 Å². The SMILES string of the molecule is CCCCCCCCCCCCS[n+]1cccc2cc(OC)ccc21. The van der Waals surface area contributed by atoms with Gasteiger partial charge in [0.1, 0.15) is 5.75 Å². The molecule has 138 valence electrons. The van der Waals surface area contributed by atoms with Crippen molar-refractivity contribution in [2.24, 2.45) is 0 Å². The van der Waals surface area contributed by atoms with Crippen LogP contribution in [0.2, 0.25) is 0 Å². The van der Waals surface area contributed by atoms with Crippen molar-refractivity contribution in [2.45, 2.75) is 71.1 Å². The zero-order valence-electron chi connectivity index (χ0n) is 16.0. The minimum absolute atomic E-state index is 0.921. The van der Waals surface area contributed by atoms with Crippen LogP contribution in [0.1, 0.15) is 71.1 Å². The largest absolute Gasteiger partial charge is 0.497 e. The lowest BCUT2D eigenvalue weighted by molar-refractivity contribution is -0.463. The van der Waals surface area contributed by atoms with E-state index in [1.165, 1.54) is 80.9 Å². The van der Waals surface area contributed by atoms with Gasteiger partial charge in [-0.3, -0.25) is 0 Å². The van der Waals surface area contributed by atoms with Gasteiger partial charge in [-0.05, 0) is 24.6 Å². The third-order valence-corrected chi connectivity index (χ3v) is 5.77. The summed E-state index contributed by atoms with van der Waals surface area (Å²) in [6, 6.07) is 10.6. The Morgan fingerprint density at radius 2 is 1.56 bits per heavy atom. The molecule has 0 amide bonds. The number of ether oxygens (including phenoxy) is 1. The highest BCUT2D eigenvalue weighted by atomic mass is 32.2. The zero-order valence-corrected chi connectivity index (χ0v) is 16.8. The van der Waals surface area contributed by atoms with Crippen LogP contribution in [-0.2, 0) is 0 Å². The molecule has 2 aromatic rings.